The lowest BCUT2D eigenvalue weighted by molar-refractivity contribution is -0.153. The molecule has 0 saturated carbocycles. The van der Waals surface area contributed by atoms with E-state index < -0.39 is 6.10 Å². The zero-order valence-corrected chi connectivity index (χ0v) is 9.69. The molecule has 1 unspecified atom stereocenters. The number of likely N-dealkylation sites (tertiary alicyclic amines) is 1. The molecule has 0 aromatic heterocycles. The van der Waals surface area contributed by atoms with E-state index in [9.17, 15) is 9.90 Å². The highest BCUT2D eigenvalue weighted by atomic mass is 16.5. The van der Waals surface area contributed by atoms with Crippen molar-refractivity contribution in [2.45, 2.75) is 37.5 Å². The minimum Gasteiger partial charge on any atom is -0.461 e. The van der Waals surface area contributed by atoms with E-state index in [4.69, 9.17) is 4.74 Å². The number of β-amino-alcohol motifs (C(OH)–C–C–N with tert-alkyl or cyclic N) is 1. The monoisotopic (exact) mass is 228 g/mol. The number of carbonyl (C=O) groups excluding carboxylic acids is 1. The lowest BCUT2D eigenvalue weighted by atomic mass is 10.1. The summed E-state index contributed by atoms with van der Waals surface area (Å²) in [4.78, 5) is 14.0. The third-order valence-corrected chi connectivity index (χ3v) is 3.34. The van der Waals surface area contributed by atoms with Crippen LogP contribution in [0.25, 0.3) is 0 Å². The number of esters is 1. The molecular formula is C11H20N2O3. The average molecular weight is 228 g/mol. The van der Waals surface area contributed by atoms with Gasteiger partial charge in [-0.2, -0.15) is 0 Å². The maximum absolute atomic E-state index is 11.7. The molecule has 16 heavy (non-hydrogen) atoms. The van der Waals surface area contributed by atoms with E-state index in [1.807, 2.05) is 0 Å². The molecule has 0 amide bonds. The van der Waals surface area contributed by atoms with Crippen molar-refractivity contribution in [2.75, 3.05) is 26.7 Å². The molecule has 2 atom stereocenters. The maximum Gasteiger partial charge on any atom is 0.323 e. The van der Waals surface area contributed by atoms with Gasteiger partial charge in [0.15, 0.2) is 0 Å². The van der Waals surface area contributed by atoms with Crippen molar-refractivity contribution in [3.05, 3.63) is 0 Å². The van der Waals surface area contributed by atoms with E-state index >= 15 is 0 Å². The smallest absolute Gasteiger partial charge is 0.323 e. The minimum absolute atomic E-state index is 0.0586. The summed E-state index contributed by atoms with van der Waals surface area (Å²) in [6.07, 6.45) is 1.96. The Morgan fingerprint density at radius 1 is 1.44 bits per heavy atom. The second-order valence-corrected chi connectivity index (χ2v) is 4.79. The fourth-order valence-corrected chi connectivity index (χ4v) is 2.25. The number of hydrogen-bond donors (Lipinski definition) is 2. The molecule has 2 fully saturated rings. The number of piperidine rings is 1. The molecule has 92 valence electrons. The first-order valence-corrected chi connectivity index (χ1v) is 5.95. The standard InChI is InChI=1S/C11H20N2O3/c1-13-4-2-9(3-5-13)16-11(15)10-6-8(14)7-12-10/h8-10,12,14H,2-7H2,1H3/t8?,10-/m0/s1. The van der Waals surface area contributed by atoms with E-state index in [0.29, 0.717) is 13.0 Å². The van der Waals surface area contributed by atoms with Crippen LogP contribution in [0.5, 0.6) is 0 Å². The Bertz CT molecular complexity index is 252. The third-order valence-electron chi connectivity index (χ3n) is 3.34. The van der Waals surface area contributed by atoms with Gasteiger partial charge in [0, 0.05) is 26.1 Å². The van der Waals surface area contributed by atoms with Gasteiger partial charge < -0.3 is 20.1 Å². The molecule has 2 aliphatic rings. The Kier molecular flexibility index (Phi) is 3.78. The fourth-order valence-electron chi connectivity index (χ4n) is 2.25. The largest absolute Gasteiger partial charge is 0.461 e. The number of aliphatic hydroxyl groups excluding tert-OH is 1. The summed E-state index contributed by atoms with van der Waals surface area (Å²) in [6, 6.07) is -0.311. The van der Waals surface area contributed by atoms with Crippen LogP contribution in [0.2, 0.25) is 0 Å². The van der Waals surface area contributed by atoms with Gasteiger partial charge >= 0.3 is 5.97 Å². The molecule has 2 N–H and O–H groups in total. The minimum atomic E-state index is -0.407. The molecule has 2 heterocycles. The van der Waals surface area contributed by atoms with Crippen LogP contribution in [0.15, 0.2) is 0 Å². The number of rotatable bonds is 2. The van der Waals surface area contributed by atoms with E-state index in [-0.39, 0.29) is 18.1 Å². The van der Waals surface area contributed by atoms with Crippen molar-refractivity contribution in [3.8, 4) is 0 Å². The molecule has 2 aliphatic heterocycles. The van der Waals surface area contributed by atoms with Crippen molar-refractivity contribution < 1.29 is 14.6 Å². The molecule has 5 nitrogen and oxygen atoms in total. The van der Waals surface area contributed by atoms with Crippen molar-refractivity contribution in [2.24, 2.45) is 0 Å². The molecule has 0 radical (unpaired) electrons. The first-order chi connectivity index (χ1) is 7.65. The number of carbonyl (C=O) groups is 1. The van der Waals surface area contributed by atoms with Crippen LogP contribution in [0.3, 0.4) is 0 Å². The molecule has 0 bridgehead atoms. The SMILES string of the molecule is CN1CCC(OC(=O)[C@@H]2CC(O)CN2)CC1. The van der Waals surface area contributed by atoms with Crippen molar-refractivity contribution in [1.82, 2.24) is 10.2 Å². The van der Waals surface area contributed by atoms with Gasteiger partial charge in [0.25, 0.3) is 0 Å². The van der Waals surface area contributed by atoms with Gasteiger partial charge in [-0.25, -0.2) is 0 Å². The summed E-state index contributed by atoms with van der Waals surface area (Å²) in [5.41, 5.74) is 0. The Morgan fingerprint density at radius 2 is 2.12 bits per heavy atom. The number of aliphatic hydroxyl groups is 1. The van der Waals surface area contributed by atoms with Gasteiger partial charge in [-0.15, -0.1) is 0 Å². The van der Waals surface area contributed by atoms with Crippen LogP contribution in [0, 0.1) is 0 Å². The van der Waals surface area contributed by atoms with E-state index in [2.05, 4.69) is 17.3 Å². The Labute approximate surface area is 95.8 Å². The highest BCUT2D eigenvalue weighted by Crippen LogP contribution is 2.15. The lowest BCUT2D eigenvalue weighted by Crippen LogP contribution is -2.39. The summed E-state index contributed by atoms with van der Waals surface area (Å²) in [5, 5.41) is 12.3. The summed E-state index contributed by atoms with van der Waals surface area (Å²) in [6.45, 7) is 2.46. The summed E-state index contributed by atoms with van der Waals surface area (Å²) < 4.78 is 5.43. The van der Waals surface area contributed by atoms with Gasteiger partial charge in [-0.05, 0) is 19.9 Å². The van der Waals surface area contributed by atoms with Gasteiger partial charge in [-0.3, -0.25) is 4.79 Å². The van der Waals surface area contributed by atoms with Gasteiger partial charge in [0.05, 0.1) is 6.10 Å². The molecular weight excluding hydrogens is 208 g/mol. The highest BCUT2D eigenvalue weighted by molar-refractivity contribution is 5.76. The quantitative estimate of drug-likeness (QED) is 0.615. The Morgan fingerprint density at radius 3 is 2.69 bits per heavy atom. The van der Waals surface area contributed by atoms with Crippen molar-refractivity contribution in [3.63, 3.8) is 0 Å². The van der Waals surface area contributed by atoms with Crippen LogP contribution in [0.4, 0.5) is 0 Å². The van der Waals surface area contributed by atoms with Crippen LogP contribution in [-0.2, 0) is 9.53 Å². The van der Waals surface area contributed by atoms with Crippen molar-refractivity contribution in [1.29, 1.82) is 0 Å². The van der Waals surface area contributed by atoms with E-state index in [0.717, 1.165) is 25.9 Å². The molecule has 0 aliphatic carbocycles. The maximum atomic E-state index is 11.7. The molecule has 2 rings (SSSR count). The van der Waals surface area contributed by atoms with Crippen LogP contribution in [-0.4, -0.2) is 60.9 Å². The number of nitrogens with zero attached hydrogens (tertiary/aromatic N) is 1. The Balaban J connectivity index is 1.75. The van der Waals surface area contributed by atoms with E-state index in [1.54, 1.807) is 0 Å². The molecule has 0 aromatic carbocycles. The van der Waals surface area contributed by atoms with Gasteiger partial charge in [0.1, 0.15) is 12.1 Å². The molecule has 0 spiro atoms. The van der Waals surface area contributed by atoms with Crippen LogP contribution < -0.4 is 5.32 Å². The van der Waals surface area contributed by atoms with Gasteiger partial charge in [0.2, 0.25) is 0 Å². The number of hydrogen-bond acceptors (Lipinski definition) is 5. The second-order valence-electron chi connectivity index (χ2n) is 4.79. The van der Waals surface area contributed by atoms with Crippen LogP contribution in [0.1, 0.15) is 19.3 Å². The predicted octanol–water partition coefficient (Wildman–Crippen LogP) is -0.653. The summed E-state index contributed by atoms with van der Waals surface area (Å²) >= 11 is 0. The normalized spacial score (nSPS) is 32.9. The third kappa shape index (κ3) is 2.93. The Hall–Kier alpha value is -0.650. The molecule has 2 saturated heterocycles. The highest BCUT2D eigenvalue weighted by Gasteiger charge is 2.31. The number of nitrogens with one attached hydrogen (secondary N) is 1. The zero-order valence-electron chi connectivity index (χ0n) is 9.69. The van der Waals surface area contributed by atoms with E-state index in [1.165, 1.54) is 0 Å². The second kappa shape index (κ2) is 5.12. The summed E-state index contributed by atoms with van der Waals surface area (Å²) in [7, 11) is 2.08. The van der Waals surface area contributed by atoms with Crippen molar-refractivity contribution >= 4 is 5.97 Å². The first kappa shape index (κ1) is 11.8. The fraction of sp³-hybridized carbons (Fsp3) is 0.909. The number of ether oxygens (including phenoxy) is 1. The topological polar surface area (TPSA) is 61.8 Å². The average Bonchev–Trinajstić information content (AvgIpc) is 2.68. The molecule has 5 heteroatoms. The zero-order chi connectivity index (χ0) is 11.5. The molecule has 0 aromatic rings. The summed E-state index contributed by atoms with van der Waals surface area (Å²) in [5.74, 6) is -0.203. The first-order valence-electron chi connectivity index (χ1n) is 5.95. The lowest BCUT2D eigenvalue weighted by Gasteiger charge is -2.29. The van der Waals surface area contributed by atoms with Gasteiger partial charge in [-0.1, -0.05) is 0 Å². The predicted molar refractivity (Wildman–Crippen MR) is 59.0 cm³/mol. The van der Waals surface area contributed by atoms with Crippen LogP contribution >= 0.6 is 0 Å².